The highest BCUT2D eigenvalue weighted by molar-refractivity contribution is 6.35. The standard InChI is InChI=1S/C17H15Cl2NO3/c1-10(11-2-3-15-16(8-11)23-5-4-22-15)20-17(21)12-6-13(18)9-14(19)7-12/h2-3,6-10H,4-5H2,1H3,(H,20,21). The molecule has 0 saturated carbocycles. The molecule has 0 aliphatic carbocycles. The highest BCUT2D eigenvalue weighted by Crippen LogP contribution is 2.32. The first-order valence-corrected chi connectivity index (χ1v) is 7.95. The summed E-state index contributed by atoms with van der Waals surface area (Å²) >= 11 is 11.9. The van der Waals surface area contributed by atoms with Crippen molar-refractivity contribution in [3.8, 4) is 11.5 Å². The van der Waals surface area contributed by atoms with Crippen LogP contribution < -0.4 is 14.8 Å². The topological polar surface area (TPSA) is 47.6 Å². The second kappa shape index (κ2) is 6.69. The van der Waals surface area contributed by atoms with Crippen molar-refractivity contribution in [1.82, 2.24) is 5.32 Å². The van der Waals surface area contributed by atoms with Crippen molar-refractivity contribution in [3.63, 3.8) is 0 Å². The van der Waals surface area contributed by atoms with Gasteiger partial charge in [-0.05, 0) is 42.8 Å². The Morgan fingerprint density at radius 1 is 1.04 bits per heavy atom. The molecule has 2 aromatic carbocycles. The SMILES string of the molecule is CC(NC(=O)c1cc(Cl)cc(Cl)c1)c1ccc2c(c1)OCCO2. The van der Waals surface area contributed by atoms with E-state index >= 15 is 0 Å². The molecule has 2 aromatic rings. The van der Waals surface area contributed by atoms with Gasteiger partial charge in [0.1, 0.15) is 13.2 Å². The number of nitrogens with one attached hydrogen (secondary N) is 1. The molecule has 1 heterocycles. The fourth-order valence-corrected chi connectivity index (χ4v) is 2.90. The lowest BCUT2D eigenvalue weighted by molar-refractivity contribution is 0.0939. The van der Waals surface area contributed by atoms with E-state index in [4.69, 9.17) is 32.7 Å². The van der Waals surface area contributed by atoms with Crippen molar-refractivity contribution in [1.29, 1.82) is 0 Å². The maximum atomic E-state index is 12.3. The number of benzene rings is 2. The summed E-state index contributed by atoms with van der Waals surface area (Å²) in [6, 6.07) is 10.2. The Kier molecular flexibility index (Phi) is 4.64. The van der Waals surface area contributed by atoms with E-state index in [1.54, 1.807) is 18.2 Å². The van der Waals surface area contributed by atoms with Crippen LogP contribution in [0.15, 0.2) is 36.4 Å². The van der Waals surface area contributed by atoms with Gasteiger partial charge in [0.25, 0.3) is 5.91 Å². The third-order valence-corrected chi connectivity index (χ3v) is 3.98. The first kappa shape index (κ1) is 16.0. The molecular formula is C17H15Cl2NO3. The minimum absolute atomic E-state index is 0.198. The summed E-state index contributed by atoms with van der Waals surface area (Å²) in [5, 5.41) is 3.77. The van der Waals surface area contributed by atoms with Crippen LogP contribution in [0.1, 0.15) is 28.9 Å². The summed E-state index contributed by atoms with van der Waals surface area (Å²) in [5.41, 5.74) is 1.35. The number of hydrogen-bond acceptors (Lipinski definition) is 3. The van der Waals surface area contributed by atoms with Gasteiger partial charge in [0, 0.05) is 15.6 Å². The third-order valence-electron chi connectivity index (χ3n) is 3.54. The fraction of sp³-hybridized carbons (Fsp3) is 0.235. The summed E-state index contributed by atoms with van der Waals surface area (Å²) in [5.74, 6) is 1.18. The van der Waals surface area contributed by atoms with Crippen molar-refractivity contribution in [2.75, 3.05) is 13.2 Å². The van der Waals surface area contributed by atoms with Crippen LogP contribution in [0, 0.1) is 0 Å². The molecule has 0 saturated heterocycles. The van der Waals surface area contributed by atoms with Gasteiger partial charge < -0.3 is 14.8 Å². The van der Waals surface area contributed by atoms with Crippen molar-refractivity contribution in [2.24, 2.45) is 0 Å². The van der Waals surface area contributed by atoms with Crippen molar-refractivity contribution in [2.45, 2.75) is 13.0 Å². The van der Waals surface area contributed by atoms with Crippen LogP contribution in [0.2, 0.25) is 10.0 Å². The third kappa shape index (κ3) is 3.71. The lowest BCUT2D eigenvalue weighted by Gasteiger charge is -2.21. The maximum Gasteiger partial charge on any atom is 0.251 e. The molecule has 1 aliphatic rings. The van der Waals surface area contributed by atoms with E-state index in [0.29, 0.717) is 34.6 Å². The predicted octanol–water partition coefficient (Wildman–Crippen LogP) is 4.26. The summed E-state index contributed by atoms with van der Waals surface area (Å²) in [6.07, 6.45) is 0. The number of ether oxygens (including phenoxy) is 2. The number of fused-ring (bicyclic) bond motifs is 1. The van der Waals surface area contributed by atoms with Crippen molar-refractivity contribution in [3.05, 3.63) is 57.6 Å². The normalized spacial score (nSPS) is 14.2. The Bertz CT molecular complexity index is 728. The van der Waals surface area contributed by atoms with Gasteiger partial charge in [-0.3, -0.25) is 4.79 Å². The summed E-state index contributed by atoms with van der Waals surface area (Å²) < 4.78 is 11.1. The van der Waals surface area contributed by atoms with E-state index in [2.05, 4.69) is 5.32 Å². The second-order valence-corrected chi connectivity index (χ2v) is 6.13. The molecule has 1 aliphatic heterocycles. The van der Waals surface area contributed by atoms with E-state index in [1.165, 1.54) is 0 Å². The average molecular weight is 352 g/mol. The Labute approximate surface area is 144 Å². The molecule has 0 radical (unpaired) electrons. The van der Waals surface area contributed by atoms with Crippen LogP contribution in [-0.4, -0.2) is 19.1 Å². The van der Waals surface area contributed by atoms with Crippen LogP contribution in [-0.2, 0) is 0 Å². The first-order valence-electron chi connectivity index (χ1n) is 7.19. The van der Waals surface area contributed by atoms with E-state index in [1.807, 2.05) is 25.1 Å². The molecule has 4 nitrogen and oxygen atoms in total. The smallest absolute Gasteiger partial charge is 0.251 e. The molecule has 0 aromatic heterocycles. The number of rotatable bonds is 3. The predicted molar refractivity (Wildman–Crippen MR) is 89.8 cm³/mol. The van der Waals surface area contributed by atoms with E-state index in [0.717, 1.165) is 11.3 Å². The number of halogens is 2. The number of carbonyl (C=O) groups is 1. The Morgan fingerprint density at radius 2 is 1.70 bits per heavy atom. The van der Waals surface area contributed by atoms with Gasteiger partial charge in [0.15, 0.2) is 11.5 Å². The second-order valence-electron chi connectivity index (χ2n) is 5.26. The molecule has 3 rings (SSSR count). The zero-order chi connectivity index (χ0) is 16.4. The van der Waals surface area contributed by atoms with Crippen LogP contribution in [0.5, 0.6) is 11.5 Å². The molecule has 1 N–H and O–H groups in total. The highest BCUT2D eigenvalue weighted by Gasteiger charge is 2.17. The minimum Gasteiger partial charge on any atom is -0.486 e. The molecule has 0 bridgehead atoms. The van der Waals surface area contributed by atoms with Gasteiger partial charge in [-0.15, -0.1) is 0 Å². The fourth-order valence-electron chi connectivity index (χ4n) is 2.38. The van der Waals surface area contributed by atoms with Gasteiger partial charge >= 0.3 is 0 Å². The lowest BCUT2D eigenvalue weighted by Crippen LogP contribution is -2.26. The summed E-state index contributed by atoms with van der Waals surface area (Å²) in [6.45, 7) is 2.97. The molecule has 1 amide bonds. The number of carbonyl (C=O) groups excluding carboxylic acids is 1. The first-order chi connectivity index (χ1) is 11.0. The zero-order valence-corrected chi connectivity index (χ0v) is 13.9. The number of hydrogen-bond donors (Lipinski definition) is 1. The van der Waals surface area contributed by atoms with Crippen LogP contribution in [0.25, 0.3) is 0 Å². The molecule has 6 heteroatoms. The van der Waals surface area contributed by atoms with Gasteiger partial charge in [-0.2, -0.15) is 0 Å². The Morgan fingerprint density at radius 3 is 2.39 bits per heavy atom. The van der Waals surface area contributed by atoms with Crippen molar-refractivity contribution < 1.29 is 14.3 Å². The molecule has 0 fully saturated rings. The molecule has 1 atom stereocenters. The molecule has 23 heavy (non-hydrogen) atoms. The van der Waals surface area contributed by atoms with Gasteiger partial charge in [0.05, 0.1) is 6.04 Å². The van der Waals surface area contributed by atoms with Crippen molar-refractivity contribution >= 4 is 29.1 Å². The summed E-state index contributed by atoms with van der Waals surface area (Å²) in [4.78, 5) is 12.3. The van der Waals surface area contributed by atoms with Gasteiger partial charge in [0.2, 0.25) is 0 Å². The summed E-state index contributed by atoms with van der Waals surface area (Å²) in [7, 11) is 0. The quantitative estimate of drug-likeness (QED) is 0.898. The molecule has 120 valence electrons. The minimum atomic E-state index is -0.239. The van der Waals surface area contributed by atoms with Crippen LogP contribution >= 0.6 is 23.2 Å². The van der Waals surface area contributed by atoms with E-state index < -0.39 is 0 Å². The van der Waals surface area contributed by atoms with E-state index in [9.17, 15) is 4.79 Å². The van der Waals surface area contributed by atoms with Crippen LogP contribution in [0.3, 0.4) is 0 Å². The monoisotopic (exact) mass is 351 g/mol. The molecule has 0 spiro atoms. The molecule has 1 unspecified atom stereocenters. The zero-order valence-electron chi connectivity index (χ0n) is 12.4. The largest absolute Gasteiger partial charge is 0.486 e. The average Bonchev–Trinajstić information content (AvgIpc) is 2.53. The lowest BCUT2D eigenvalue weighted by atomic mass is 10.1. The van der Waals surface area contributed by atoms with E-state index in [-0.39, 0.29) is 11.9 Å². The maximum absolute atomic E-state index is 12.3. The Hall–Kier alpha value is -1.91. The Balaban J connectivity index is 1.75. The highest BCUT2D eigenvalue weighted by atomic mass is 35.5. The number of amides is 1. The van der Waals surface area contributed by atoms with Crippen LogP contribution in [0.4, 0.5) is 0 Å². The molecular weight excluding hydrogens is 337 g/mol. The van der Waals surface area contributed by atoms with Gasteiger partial charge in [-0.1, -0.05) is 29.3 Å². The van der Waals surface area contributed by atoms with Gasteiger partial charge in [-0.25, -0.2) is 0 Å².